The molecule has 0 amide bonds. The van der Waals surface area contributed by atoms with Crippen molar-refractivity contribution in [3.63, 3.8) is 0 Å². The quantitative estimate of drug-likeness (QED) is 0.364. The van der Waals surface area contributed by atoms with Crippen LogP contribution in [0.5, 0.6) is 0 Å². The Morgan fingerprint density at radius 1 is 0.533 bits per heavy atom. The molecule has 12 nitrogen and oxygen atoms in total. The van der Waals surface area contributed by atoms with Crippen LogP contribution in [0.15, 0.2) is 12.4 Å². The lowest BCUT2D eigenvalue weighted by Gasteiger charge is -2.29. The molecule has 0 spiro atoms. The molecule has 0 atom stereocenters. The molecule has 0 radical (unpaired) electrons. The maximum absolute atomic E-state index is 11.2. The Labute approximate surface area is 174 Å². The van der Waals surface area contributed by atoms with Crippen molar-refractivity contribution in [2.24, 2.45) is 0 Å². The number of carboxylic acids is 4. The van der Waals surface area contributed by atoms with Crippen LogP contribution in [0, 0.1) is 0 Å². The van der Waals surface area contributed by atoms with Gasteiger partial charge in [-0.2, -0.15) is 0 Å². The van der Waals surface area contributed by atoms with Gasteiger partial charge in [0.05, 0.1) is 13.1 Å². The number of hydrogen-bond donors (Lipinski definition) is 4. The van der Waals surface area contributed by atoms with Gasteiger partial charge < -0.3 is 30.2 Å². The summed E-state index contributed by atoms with van der Waals surface area (Å²) in [6.07, 6.45) is 4.29. The largest absolute Gasteiger partial charge is 0.480 e. The van der Waals surface area contributed by atoms with Crippen molar-refractivity contribution in [2.45, 2.75) is 12.8 Å². The number of nitrogens with zero attached hydrogens (tertiary/aromatic N) is 4. The molecule has 0 aliphatic carbocycles. The molecule has 12 heteroatoms. The van der Waals surface area contributed by atoms with E-state index in [9.17, 15) is 19.2 Å². The predicted molar refractivity (Wildman–Crippen MR) is 105 cm³/mol. The molecule has 0 bridgehead atoms. The van der Waals surface area contributed by atoms with Gasteiger partial charge in [0, 0.05) is 45.1 Å². The molecule has 0 unspecified atom stereocenters. The van der Waals surface area contributed by atoms with Crippen LogP contribution in [0.25, 0.3) is 0 Å². The van der Waals surface area contributed by atoms with Crippen LogP contribution < -0.4 is 0 Å². The monoisotopic (exact) mass is 430 g/mol. The van der Waals surface area contributed by atoms with E-state index in [4.69, 9.17) is 20.4 Å². The number of aliphatic carboxylic acids is 4. The molecule has 0 fully saturated rings. The van der Waals surface area contributed by atoms with Gasteiger partial charge in [0.2, 0.25) is 0 Å². The molecule has 4 N–H and O–H groups in total. The molecule has 1 aliphatic heterocycles. The molecule has 170 valence electrons. The number of hydrogen-bond acceptors (Lipinski definition) is 8. The summed E-state index contributed by atoms with van der Waals surface area (Å²) in [5.74, 6) is -4.11. The lowest BCUT2D eigenvalue weighted by molar-refractivity contribution is -0.140. The summed E-state index contributed by atoms with van der Waals surface area (Å²) in [6, 6.07) is 0. The van der Waals surface area contributed by atoms with Gasteiger partial charge in [0.15, 0.2) is 0 Å². The molecule has 0 saturated carbocycles. The highest BCUT2D eigenvalue weighted by atomic mass is 16.4. The highest BCUT2D eigenvalue weighted by molar-refractivity contribution is 5.70. The zero-order valence-electron chi connectivity index (χ0n) is 16.9. The van der Waals surface area contributed by atoms with Gasteiger partial charge in [-0.1, -0.05) is 0 Å². The second-order valence-electron chi connectivity index (χ2n) is 7.07. The van der Waals surface area contributed by atoms with E-state index in [2.05, 4.69) is 0 Å². The Morgan fingerprint density at radius 3 is 1.37 bits per heavy atom. The fraction of sp³-hybridized carbons (Fsp3) is 0.667. The molecule has 0 aromatic carbocycles. The highest BCUT2D eigenvalue weighted by Crippen LogP contribution is 2.04. The first-order valence-electron chi connectivity index (χ1n) is 9.64. The fourth-order valence-electron chi connectivity index (χ4n) is 3.07. The average Bonchev–Trinajstić information content (AvgIpc) is 2.61. The van der Waals surface area contributed by atoms with Crippen molar-refractivity contribution in [1.82, 2.24) is 19.6 Å². The predicted octanol–water partition coefficient (Wildman–Crippen LogP) is -1.20. The van der Waals surface area contributed by atoms with Crippen LogP contribution in [0.1, 0.15) is 12.8 Å². The van der Waals surface area contributed by atoms with E-state index in [1.54, 1.807) is 14.7 Å². The summed E-state index contributed by atoms with van der Waals surface area (Å²) >= 11 is 0. The Hall–Kier alpha value is -2.86. The van der Waals surface area contributed by atoms with Crippen LogP contribution in [-0.4, -0.2) is 129 Å². The van der Waals surface area contributed by atoms with Gasteiger partial charge in [-0.15, -0.1) is 0 Å². The molecule has 30 heavy (non-hydrogen) atoms. The zero-order valence-corrected chi connectivity index (χ0v) is 16.9. The molecular formula is C18H30N4O8. The third kappa shape index (κ3) is 11.9. The second kappa shape index (κ2) is 13.4. The minimum Gasteiger partial charge on any atom is -0.480 e. The van der Waals surface area contributed by atoms with Gasteiger partial charge in [-0.05, 0) is 19.4 Å². The molecule has 1 heterocycles. The minimum atomic E-state index is -1.07. The van der Waals surface area contributed by atoms with E-state index in [1.807, 2.05) is 0 Å². The van der Waals surface area contributed by atoms with Crippen molar-refractivity contribution in [3.05, 3.63) is 12.4 Å². The normalized spacial score (nSPS) is 19.1. The van der Waals surface area contributed by atoms with Gasteiger partial charge >= 0.3 is 23.9 Å². The van der Waals surface area contributed by atoms with E-state index in [1.165, 1.54) is 17.3 Å². The fourth-order valence-corrected chi connectivity index (χ4v) is 3.07. The van der Waals surface area contributed by atoms with Gasteiger partial charge in [0.1, 0.15) is 13.1 Å². The van der Waals surface area contributed by atoms with E-state index >= 15 is 0 Å². The van der Waals surface area contributed by atoms with Gasteiger partial charge in [0.25, 0.3) is 0 Å². The first-order chi connectivity index (χ1) is 14.2. The third-order valence-corrected chi connectivity index (χ3v) is 4.49. The summed E-state index contributed by atoms with van der Waals surface area (Å²) < 4.78 is 0. The standard InChI is InChI=1S/C18H30N4O8/c23-15(24)11-19-3-1-2-4-20(12-16(25)26)6-8-22(14-18(29)30)10-9-21(7-5-19)13-17(27)28/h5,7H,1-4,6,8-14H2,(H,23,24)(H,25,26)(H,27,28)(H,29,30)/b7-5-. The lowest BCUT2D eigenvalue weighted by atomic mass is 10.2. The maximum Gasteiger partial charge on any atom is 0.323 e. The Kier molecular flexibility index (Phi) is 11.2. The van der Waals surface area contributed by atoms with E-state index in [-0.39, 0.29) is 39.3 Å². The lowest BCUT2D eigenvalue weighted by Crippen LogP contribution is -2.43. The minimum absolute atomic E-state index is 0.176. The molecule has 1 rings (SSSR count). The Morgan fingerprint density at radius 2 is 0.900 bits per heavy atom. The third-order valence-electron chi connectivity index (χ3n) is 4.49. The molecule has 0 saturated heterocycles. The van der Waals surface area contributed by atoms with Crippen molar-refractivity contribution in [2.75, 3.05) is 65.4 Å². The van der Waals surface area contributed by atoms with E-state index in [0.29, 0.717) is 39.0 Å². The maximum atomic E-state index is 11.2. The highest BCUT2D eigenvalue weighted by Gasteiger charge is 2.17. The van der Waals surface area contributed by atoms with Crippen molar-refractivity contribution < 1.29 is 39.6 Å². The molecule has 0 aromatic heterocycles. The van der Waals surface area contributed by atoms with Crippen LogP contribution in [0.4, 0.5) is 0 Å². The van der Waals surface area contributed by atoms with Crippen LogP contribution in [-0.2, 0) is 19.2 Å². The smallest absolute Gasteiger partial charge is 0.323 e. The topological polar surface area (TPSA) is 162 Å². The number of carbonyl (C=O) groups is 4. The first-order valence-corrected chi connectivity index (χ1v) is 9.64. The van der Waals surface area contributed by atoms with Crippen LogP contribution in [0.3, 0.4) is 0 Å². The van der Waals surface area contributed by atoms with Crippen molar-refractivity contribution in [3.8, 4) is 0 Å². The summed E-state index contributed by atoms with van der Waals surface area (Å²) in [6.45, 7) is 1.08. The molecule has 0 aromatic rings. The Bertz CT molecular complexity index is 627. The van der Waals surface area contributed by atoms with Gasteiger partial charge in [-0.25, -0.2) is 0 Å². The van der Waals surface area contributed by atoms with E-state index in [0.717, 1.165) is 0 Å². The van der Waals surface area contributed by atoms with Gasteiger partial charge in [-0.3, -0.25) is 29.0 Å². The summed E-state index contributed by atoms with van der Waals surface area (Å²) in [4.78, 5) is 50.9. The first kappa shape index (κ1) is 25.2. The summed E-state index contributed by atoms with van der Waals surface area (Å²) in [7, 11) is 0. The number of rotatable bonds is 8. The van der Waals surface area contributed by atoms with Crippen molar-refractivity contribution >= 4 is 23.9 Å². The molecular weight excluding hydrogens is 400 g/mol. The summed E-state index contributed by atoms with van der Waals surface area (Å²) in [5.41, 5.74) is 0. The van der Waals surface area contributed by atoms with Crippen LogP contribution in [0.2, 0.25) is 0 Å². The number of carboxylic acid groups (broad SMARTS) is 4. The summed E-state index contributed by atoms with van der Waals surface area (Å²) in [5, 5.41) is 36.5. The molecule has 1 aliphatic rings. The SMILES string of the molecule is O=C(O)CN1/C=C\N(CC(=O)O)CCN(CC(=O)O)CCN(CC(=O)O)CCCC1. The second-order valence-corrected chi connectivity index (χ2v) is 7.07. The van der Waals surface area contributed by atoms with Crippen LogP contribution >= 0.6 is 0 Å². The van der Waals surface area contributed by atoms with E-state index < -0.39 is 23.9 Å². The Balaban J connectivity index is 2.99. The zero-order chi connectivity index (χ0) is 22.5. The van der Waals surface area contributed by atoms with Crippen molar-refractivity contribution in [1.29, 1.82) is 0 Å². The average molecular weight is 430 g/mol.